The van der Waals surface area contributed by atoms with E-state index >= 15 is 0 Å². The van der Waals surface area contributed by atoms with Crippen molar-refractivity contribution < 1.29 is 19.4 Å². The molecule has 1 amide bonds. The number of nitrogens with zero attached hydrogens (tertiary/aromatic N) is 6. The summed E-state index contributed by atoms with van der Waals surface area (Å²) >= 11 is 6.08. The molecule has 36 heavy (non-hydrogen) atoms. The van der Waals surface area contributed by atoms with Crippen LogP contribution in [0.25, 0.3) is 5.65 Å². The molecule has 0 unspecified atom stereocenters. The van der Waals surface area contributed by atoms with E-state index in [-0.39, 0.29) is 40.2 Å². The van der Waals surface area contributed by atoms with Crippen LogP contribution in [0.5, 0.6) is 11.5 Å². The van der Waals surface area contributed by atoms with Crippen LogP contribution in [0.1, 0.15) is 57.3 Å². The summed E-state index contributed by atoms with van der Waals surface area (Å²) in [5.41, 5.74) is 1.79. The molecule has 2 aromatic heterocycles. The number of carbonyl (C=O) groups excluding carboxylic acids is 2. The molecule has 0 saturated heterocycles. The molecule has 184 valence electrons. The molecule has 1 N–H and O–H groups in total. The molecule has 0 fully saturated rings. The van der Waals surface area contributed by atoms with Gasteiger partial charge in [0.2, 0.25) is 0 Å². The lowest BCUT2D eigenvalue weighted by atomic mass is 9.98. The number of ether oxygens (including phenoxy) is 1. The minimum absolute atomic E-state index is 0.0566. The van der Waals surface area contributed by atoms with E-state index in [1.165, 1.54) is 19.2 Å². The van der Waals surface area contributed by atoms with Crippen LogP contribution in [0.2, 0.25) is 5.02 Å². The van der Waals surface area contributed by atoms with Crippen LogP contribution in [0, 0.1) is 0 Å². The van der Waals surface area contributed by atoms with Gasteiger partial charge >= 0.3 is 11.7 Å². The average Bonchev–Trinajstić information content (AvgIpc) is 3.45. The number of hydrogen-bond acceptors (Lipinski definition) is 8. The molecule has 11 nitrogen and oxygen atoms in total. The first-order valence-corrected chi connectivity index (χ1v) is 11.4. The van der Waals surface area contributed by atoms with Crippen molar-refractivity contribution in [3.63, 3.8) is 0 Å². The van der Waals surface area contributed by atoms with Crippen molar-refractivity contribution in [1.29, 1.82) is 0 Å². The van der Waals surface area contributed by atoms with Gasteiger partial charge in [0.15, 0.2) is 11.3 Å². The lowest BCUT2D eigenvalue weighted by Crippen LogP contribution is -2.27. The second-order valence-corrected chi connectivity index (χ2v) is 9.24. The van der Waals surface area contributed by atoms with Gasteiger partial charge in [-0.2, -0.15) is 4.68 Å². The number of phenolic OH excluding ortho intramolecular Hbond substituents is 1. The Labute approximate surface area is 209 Å². The summed E-state index contributed by atoms with van der Waals surface area (Å²) < 4.78 is 7.62. The number of benzene rings is 2. The summed E-state index contributed by atoms with van der Waals surface area (Å²) in [5.74, 6) is -1.65. The number of aromatic nitrogens is 5. The quantitative estimate of drug-likeness (QED) is 0.329. The number of phenols is 1. The monoisotopic (exact) mass is 508 g/mol. The third-order valence-corrected chi connectivity index (χ3v) is 6.29. The largest absolute Gasteiger partial charge is 0.507 e. The highest BCUT2D eigenvalue weighted by molar-refractivity contribution is 6.30. The molecule has 2 aromatic carbocycles. The SMILES string of the molecule is CC(C)c1cc(C(=O)N2Cc3ccc(Cl)cc3C2)c(O)cc1OC(=O)c1ncn2c(=O)n(C)nnc12. The van der Waals surface area contributed by atoms with Crippen molar-refractivity contribution >= 4 is 29.1 Å². The maximum absolute atomic E-state index is 13.3. The molecule has 4 aromatic rings. The number of imidazole rings is 1. The third kappa shape index (κ3) is 3.97. The zero-order valence-electron chi connectivity index (χ0n) is 19.6. The van der Waals surface area contributed by atoms with Gasteiger partial charge in [-0.05, 0) is 40.8 Å². The lowest BCUT2D eigenvalue weighted by Gasteiger charge is -2.19. The Hall–Kier alpha value is -4.25. The van der Waals surface area contributed by atoms with Crippen molar-refractivity contribution in [2.24, 2.45) is 7.05 Å². The van der Waals surface area contributed by atoms with E-state index in [0.717, 1.165) is 26.5 Å². The molecule has 0 saturated carbocycles. The third-order valence-electron chi connectivity index (χ3n) is 6.05. The van der Waals surface area contributed by atoms with Crippen LogP contribution in [0.3, 0.4) is 0 Å². The summed E-state index contributed by atoms with van der Waals surface area (Å²) in [7, 11) is 1.42. The van der Waals surface area contributed by atoms with E-state index in [1.54, 1.807) is 11.0 Å². The lowest BCUT2D eigenvalue weighted by molar-refractivity contribution is 0.0728. The normalized spacial score (nSPS) is 12.9. The summed E-state index contributed by atoms with van der Waals surface area (Å²) in [6, 6.07) is 8.25. The van der Waals surface area contributed by atoms with Gasteiger partial charge in [-0.15, -0.1) is 5.10 Å². The minimum Gasteiger partial charge on any atom is -0.507 e. The van der Waals surface area contributed by atoms with Gasteiger partial charge in [0.05, 0.1) is 5.56 Å². The van der Waals surface area contributed by atoms with E-state index in [0.29, 0.717) is 23.7 Å². The minimum atomic E-state index is -0.882. The fourth-order valence-corrected chi connectivity index (χ4v) is 4.34. The highest BCUT2D eigenvalue weighted by atomic mass is 35.5. The van der Waals surface area contributed by atoms with Crippen molar-refractivity contribution in [3.05, 3.63) is 80.1 Å². The topological polar surface area (TPSA) is 132 Å². The molecule has 1 aliphatic rings. The molecule has 0 aliphatic carbocycles. The smallest absolute Gasteiger partial charge is 0.366 e. The molecule has 0 radical (unpaired) electrons. The Balaban J connectivity index is 1.45. The molecule has 0 atom stereocenters. The highest BCUT2D eigenvalue weighted by Gasteiger charge is 2.28. The molecule has 0 spiro atoms. The number of aromatic hydroxyl groups is 1. The van der Waals surface area contributed by atoms with Gasteiger partial charge in [-0.25, -0.2) is 19.0 Å². The van der Waals surface area contributed by atoms with Gasteiger partial charge in [0.1, 0.15) is 17.8 Å². The van der Waals surface area contributed by atoms with Crippen LogP contribution in [-0.4, -0.2) is 46.3 Å². The van der Waals surface area contributed by atoms with Crippen molar-refractivity contribution in [2.45, 2.75) is 32.9 Å². The number of aryl methyl sites for hydroxylation is 1. The molecule has 5 rings (SSSR count). The van der Waals surface area contributed by atoms with Gasteiger partial charge in [-0.3, -0.25) is 4.79 Å². The molecular weight excluding hydrogens is 488 g/mol. The van der Waals surface area contributed by atoms with Gasteiger partial charge < -0.3 is 14.7 Å². The highest BCUT2D eigenvalue weighted by Crippen LogP contribution is 2.36. The van der Waals surface area contributed by atoms with E-state index < -0.39 is 11.7 Å². The second-order valence-electron chi connectivity index (χ2n) is 8.81. The number of carbonyl (C=O) groups is 2. The molecular formula is C24H21ClN6O5. The number of rotatable bonds is 4. The molecule has 12 heteroatoms. The zero-order valence-corrected chi connectivity index (χ0v) is 20.4. The Morgan fingerprint density at radius 3 is 2.64 bits per heavy atom. The van der Waals surface area contributed by atoms with Crippen molar-refractivity contribution in [1.82, 2.24) is 29.3 Å². The summed E-state index contributed by atoms with van der Waals surface area (Å²) in [4.78, 5) is 43.9. The second kappa shape index (κ2) is 8.76. The Bertz CT molecular complexity index is 1610. The maximum atomic E-state index is 13.3. The van der Waals surface area contributed by atoms with Crippen LogP contribution >= 0.6 is 11.6 Å². The van der Waals surface area contributed by atoms with Crippen molar-refractivity contribution in [2.75, 3.05) is 0 Å². The zero-order chi connectivity index (χ0) is 25.7. The van der Waals surface area contributed by atoms with E-state index in [4.69, 9.17) is 16.3 Å². The van der Waals surface area contributed by atoms with Crippen LogP contribution in [-0.2, 0) is 20.1 Å². The number of halogens is 1. The first kappa shape index (κ1) is 23.5. The first-order chi connectivity index (χ1) is 17.1. The predicted octanol–water partition coefficient (Wildman–Crippen LogP) is 2.68. The fraction of sp³-hybridized carbons (Fsp3) is 0.250. The van der Waals surface area contributed by atoms with Crippen molar-refractivity contribution in [3.8, 4) is 11.5 Å². The first-order valence-electron chi connectivity index (χ1n) is 11.1. The molecule has 3 heterocycles. The fourth-order valence-electron chi connectivity index (χ4n) is 4.15. The summed E-state index contributed by atoms with van der Waals surface area (Å²) in [5, 5.41) is 18.8. The van der Waals surface area contributed by atoms with Crippen LogP contribution in [0.4, 0.5) is 0 Å². The van der Waals surface area contributed by atoms with Crippen LogP contribution < -0.4 is 10.4 Å². The Morgan fingerprint density at radius 1 is 1.14 bits per heavy atom. The predicted molar refractivity (Wildman–Crippen MR) is 128 cm³/mol. The van der Waals surface area contributed by atoms with Gasteiger partial charge in [0, 0.05) is 31.2 Å². The molecule has 0 bridgehead atoms. The number of esters is 1. The average molecular weight is 509 g/mol. The maximum Gasteiger partial charge on any atom is 0.366 e. The Morgan fingerprint density at radius 2 is 1.89 bits per heavy atom. The number of hydrogen-bond donors (Lipinski definition) is 1. The summed E-state index contributed by atoms with van der Waals surface area (Å²) in [6.45, 7) is 4.50. The molecule has 1 aliphatic heterocycles. The van der Waals surface area contributed by atoms with Gasteiger partial charge in [-0.1, -0.05) is 36.7 Å². The van der Waals surface area contributed by atoms with E-state index in [1.807, 2.05) is 26.0 Å². The van der Waals surface area contributed by atoms with Gasteiger partial charge in [0.25, 0.3) is 5.91 Å². The van der Waals surface area contributed by atoms with E-state index in [2.05, 4.69) is 15.3 Å². The van der Waals surface area contributed by atoms with E-state index in [9.17, 15) is 19.5 Å². The van der Waals surface area contributed by atoms with Crippen LogP contribution in [0.15, 0.2) is 41.5 Å². The number of fused-ring (bicyclic) bond motifs is 2. The Kier molecular flexibility index (Phi) is 5.71. The standard InChI is InChI=1S/C24H21ClN6O5/c1-12(2)16-7-17(22(33)30-9-13-4-5-15(25)6-14(13)10-30)18(32)8-19(16)36-23(34)20-21-27-28-29(3)24(35)31(21)11-26-20/h4-8,11-12,32H,9-10H2,1-3H3. The summed E-state index contributed by atoms with van der Waals surface area (Å²) in [6.07, 6.45) is 1.16. The number of amides is 1.